The monoisotopic (exact) mass is 307 g/mol. The Morgan fingerprint density at radius 3 is 2.74 bits per heavy atom. The van der Waals surface area contributed by atoms with Crippen LogP contribution in [0.15, 0.2) is 59.2 Å². The highest BCUT2D eigenvalue weighted by atomic mass is 16.5. The molecule has 0 aliphatic carbocycles. The molecule has 7 heteroatoms. The van der Waals surface area contributed by atoms with E-state index in [0.29, 0.717) is 29.5 Å². The molecule has 4 rings (SSSR count). The average molecular weight is 307 g/mol. The molecule has 0 aliphatic rings. The molecule has 0 amide bonds. The van der Waals surface area contributed by atoms with Gasteiger partial charge in [-0.1, -0.05) is 18.2 Å². The second-order valence-electron chi connectivity index (χ2n) is 4.89. The topological polar surface area (TPSA) is 91.5 Å². The predicted molar refractivity (Wildman–Crippen MR) is 83.7 cm³/mol. The summed E-state index contributed by atoms with van der Waals surface area (Å²) in [7, 11) is 0. The van der Waals surface area contributed by atoms with Crippen molar-refractivity contribution in [3.05, 3.63) is 60.5 Å². The van der Waals surface area contributed by atoms with E-state index in [1.165, 1.54) is 4.52 Å². The lowest BCUT2D eigenvalue weighted by Gasteiger charge is -2.06. The second kappa shape index (κ2) is 5.45. The molecular formula is C16H13N5O2. The zero-order valence-corrected chi connectivity index (χ0v) is 12.1. The van der Waals surface area contributed by atoms with Crippen LogP contribution in [0.25, 0.3) is 17.2 Å². The molecule has 114 valence electrons. The van der Waals surface area contributed by atoms with Gasteiger partial charge < -0.3 is 14.9 Å². The maximum Gasteiger partial charge on any atom is 0.223 e. The molecule has 23 heavy (non-hydrogen) atoms. The molecule has 0 bridgehead atoms. The lowest BCUT2D eigenvalue weighted by molar-refractivity contribution is 0.301. The Morgan fingerprint density at radius 2 is 1.96 bits per heavy atom. The van der Waals surface area contributed by atoms with Gasteiger partial charge >= 0.3 is 0 Å². The molecule has 0 atom stereocenters. The molecule has 4 aromatic rings. The van der Waals surface area contributed by atoms with Crippen LogP contribution in [0.2, 0.25) is 0 Å². The van der Waals surface area contributed by atoms with E-state index in [2.05, 4.69) is 15.1 Å². The van der Waals surface area contributed by atoms with E-state index < -0.39 is 0 Å². The van der Waals surface area contributed by atoms with Crippen molar-refractivity contribution in [1.82, 2.24) is 19.6 Å². The van der Waals surface area contributed by atoms with Gasteiger partial charge in [-0.2, -0.15) is 4.52 Å². The number of rotatable bonds is 4. The Hall–Kier alpha value is -3.35. The van der Waals surface area contributed by atoms with Gasteiger partial charge in [0, 0.05) is 6.07 Å². The first-order chi connectivity index (χ1) is 11.3. The number of ether oxygens (including phenoxy) is 1. The maximum atomic E-state index is 5.96. The first-order valence-corrected chi connectivity index (χ1v) is 7.03. The third-order valence-corrected chi connectivity index (χ3v) is 3.27. The smallest absolute Gasteiger partial charge is 0.223 e. The SMILES string of the molecule is Nc1nc(COc2ccccc2)cc2nc(-c3ccco3)nn12. The summed E-state index contributed by atoms with van der Waals surface area (Å²) in [5.74, 6) is 2.06. The number of nitrogen functional groups attached to an aromatic ring is 1. The molecule has 3 heterocycles. The summed E-state index contributed by atoms with van der Waals surface area (Å²) in [5.41, 5.74) is 7.23. The molecule has 2 N–H and O–H groups in total. The van der Waals surface area contributed by atoms with Gasteiger partial charge in [0.2, 0.25) is 11.8 Å². The van der Waals surface area contributed by atoms with Crippen molar-refractivity contribution in [1.29, 1.82) is 0 Å². The van der Waals surface area contributed by atoms with E-state index in [4.69, 9.17) is 14.9 Å². The standard InChI is InChI=1S/C16H13N5O2/c17-16-18-11(10-23-12-5-2-1-3-6-12)9-14-19-15(20-21(14)16)13-7-4-8-22-13/h1-9H,10H2,(H2,17,18). The zero-order chi connectivity index (χ0) is 15.6. The zero-order valence-electron chi connectivity index (χ0n) is 12.1. The molecule has 0 spiro atoms. The number of fused-ring (bicyclic) bond motifs is 1. The summed E-state index contributed by atoms with van der Waals surface area (Å²) in [6, 6.07) is 14.9. The van der Waals surface area contributed by atoms with Crippen LogP contribution in [0.4, 0.5) is 5.95 Å². The van der Waals surface area contributed by atoms with E-state index in [1.54, 1.807) is 24.5 Å². The Kier molecular flexibility index (Phi) is 3.16. The lowest BCUT2D eigenvalue weighted by Crippen LogP contribution is -2.06. The van der Waals surface area contributed by atoms with E-state index in [0.717, 1.165) is 5.75 Å². The molecule has 7 nitrogen and oxygen atoms in total. The van der Waals surface area contributed by atoms with Gasteiger partial charge in [-0.25, -0.2) is 9.97 Å². The van der Waals surface area contributed by atoms with E-state index in [1.807, 2.05) is 30.3 Å². The Balaban J connectivity index is 1.64. The number of anilines is 1. The molecule has 1 aromatic carbocycles. The molecule has 0 aliphatic heterocycles. The summed E-state index contributed by atoms with van der Waals surface area (Å²) in [6.07, 6.45) is 1.57. The summed E-state index contributed by atoms with van der Waals surface area (Å²) in [4.78, 5) is 8.71. The quantitative estimate of drug-likeness (QED) is 0.623. The predicted octanol–water partition coefficient (Wildman–Crippen LogP) is 2.55. The number of para-hydroxylation sites is 1. The van der Waals surface area contributed by atoms with Crippen molar-refractivity contribution in [2.45, 2.75) is 6.61 Å². The van der Waals surface area contributed by atoms with Crippen LogP contribution in [0.5, 0.6) is 5.75 Å². The molecule has 0 radical (unpaired) electrons. The fraction of sp³-hybridized carbons (Fsp3) is 0.0625. The second-order valence-corrected chi connectivity index (χ2v) is 4.89. The highest BCUT2D eigenvalue weighted by Crippen LogP contribution is 2.19. The van der Waals surface area contributed by atoms with E-state index in [9.17, 15) is 0 Å². The summed E-state index contributed by atoms with van der Waals surface area (Å²) >= 11 is 0. The minimum Gasteiger partial charge on any atom is -0.487 e. The molecule has 3 aromatic heterocycles. The van der Waals surface area contributed by atoms with Gasteiger partial charge in [0.25, 0.3) is 0 Å². The number of nitrogens with two attached hydrogens (primary N) is 1. The van der Waals surface area contributed by atoms with E-state index >= 15 is 0 Å². The number of benzene rings is 1. The van der Waals surface area contributed by atoms with Crippen molar-refractivity contribution < 1.29 is 9.15 Å². The first kappa shape index (κ1) is 13.3. The Morgan fingerprint density at radius 1 is 1.09 bits per heavy atom. The minimum absolute atomic E-state index is 0.250. The van der Waals surface area contributed by atoms with E-state index in [-0.39, 0.29) is 5.95 Å². The largest absolute Gasteiger partial charge is 0.487 e. The molecule has 0 unspecified atom stereocenters. The Bertz CT molecular complexity index is 932. The van der Waals surface area contributed by atoms with Crippen LogP contribution in [-0.2, 0) is 6.61 Å². The molecular weight excluding hydrogens is 294 g/mol. The number of aromatic nitrogens is 4. The average Bonchev–Trinajstić information content (AvgIpc) is 3.23. The van der Waals surface area contributed by atoms with Crippen LogP contribution in [-0.4, -0.2) is 19.6 Å². The van der Waals surface area contributed by atoms with Gasteiger partial charge in [0.1, 0.15) is 12.4 Å². The summed E-state index contributed by atoms with van der Waals surface area (Å²) in [6.45, 7) is 0.299. The van der Waals surface area contributed by atoms with Gasteiger partial charge in [0.05, 0.1) is 12.0 Å². The first-order valence-electron chi connectivity index (χ1n) is 7.03. The van der Waals surface area contributed by atoms with Gasteiger partial charge in [-0.3, -0.25) is 0 Å². The van der Waals surface area contributed by atoms with Crippen molar-refractivity contribution in [3.63, 3.8) is 0 Å². The molecule has 0 fully saturated rings. The van der Waals surface area contributed by atoms with Crippen LogP contribution in [0.3, 0.4) is 0 Å². The third kappa shape index (κ3) is 2.59. The van der Waals surface area contributed by atoms with Crippen molar-refractivity contribution in [3.8, 4) is 17.3 Å². The van der Waals surface area contributed by atoms with Crippen molar-refractivity contribution >= 4 is 11.6 Å². The molecule has 0 saturated carbocycles. The van der Waals surface area contributed by atoms with Crippen LogP contribution in [0, 0.1) is 0 Å². The lowest BCUT2D eigenvalue weighted by atomic mass is 10.3. The van der Waals surface area contributed by atoms with Crippen LogP contribution < -0.4 is 10.5 Å². The van der Waals surface area contributed by atoms with Gasteiger partial charge in [-0.15, -0.1) is 5.10 Å². The van der Waals surface area contributed by atoms with Gasteiger partial charge in [0.15, 0.2) is 11.4 Å². The summed E-state index contributed by atoms with van der Waals surface area (Å²) in [5, 5.41) is 4.30. The third-order valence-electron chi connectivity index (χ3n) is 3.27. The maximum absolute atomic E-state index is 5.96. The van der Waals surface area contributed by atoms with Gasteiger partial charge in [-0.05, 0) is 24.3 Å². The number of furan rings is 1. The van der Waals surface area contributed by atoms with Crippen LogP contribution >= 0.6 is 0 Å². The normalized spacial score (nSPS) is 11.0. The minimum atomic E-state index is 0.250. The number of hydrogen-bond donors (Lipinski definition) is 1. The highest BCUT2D eigenvalue weighted by molar-refractivity contribution is 5.54. The number of hydrogen-bond acceptors (Lipinski definition) is 6. The van der Waals surface area contributed by atoms with Crippen molar-refractivity contribution in [2.75, 3.05) is 5.73 Å². The summed E-state index contributed by atoms with van der Waals surface area (Å²) < 4.78 is 12.5. The Labute approximate surface area is 131 Å². The fourth-order valence-electron chi connectivity index (χ4n) is 2.22. The highest BCUT2D eigenvalue weighted by Gasteiger charge is 2.12. The van der Waals surface area contributed by atoms with Crippen molar-refractivity contribution in [2.24, 2.45) is 0 Å². The molecule has 0 saturated heterocycles. The van der Waals surface area contributed by atoms with Crippen LogP contribution in [0.1, 0.15) is 5.69 Å². The number of nitrogens with zero attached hydrogens (tertiary/aromatic N) is 4. The fourth-order valence-corrected chi connectivity index (χ4v) is 2.22.